The van der Waals surface area contributed by atoms with E-state index in [0.717, 1.165) is 42.7 Å². The van der Waals surface area contributed by atoms with E-state index in [2.05, 4.69) is 35.2 Å². The normalized spacial score (nSPS) is 23.4. The lowest BCUT2D eigenvalue weighted by molar-refractivity contribution is -0.0133. The molecule has 0 atom stereocenters. The third kappa shape index (κ3) is 3.12. The fraction of sp³-hybridized carbons (Fsp3) is 0.562. The Morgan fingerprint density at radius 3 is 2.65 bits per heavy atom. The predicted octanol–water partition coefficient (Wildman–Crippen LogP) is 3.71. The number of anilines is 1. The summed E-state index contributed by atoms with van der Waals surface area (Å²) in [6.07, 6.45) is 5.33. The van der Waals surface area contributed by atoms with E-state index >= 15 is 0 Å². The van der Waals surface area contributed by atoms with Crippen molar-refractivity contribution in [1.82, 2.24) is 9.97 Å². The van der Waals surface area contributed by atoms with E-state index in [-0.39, 0.29) is 0 Å². The van der Waals surface area contributed by atoms with Crippen LogP contribution >= 0.6 is 0 Å². The number of benzene rings is 1. The Labute approximate surface area is 119 Å². The first-order valence-electron chi connectivity index (χ1n) is 7.57. The molecule has 3 rings (SSSR count). The van der Waals surface area contributed by atoms with Gasteiger partial charge < -0.3 is 15.0 Å². The van der Waals surface area contributed by atoms with Gasteiger partial charge in [0.2, 0.25) is 5.95 Å². The lowest BCUT2D eigenvalue weighted by Crippen LogP contribution is -2.31. The van der Waals surface area contributed by atoms with Gasteiger partial charge in [-0.25, -0.2) is 4.98 Å². The van der Waals surface area contributed by atoms with Crippen LogP contribution in [0.5, 0.6) is 0 Å². The third-order valence-electron chi connectivity index (χ3n) is 3.87. The molecule has 20 heavy (non-hydrogen) atoms. The van der Waals surface area contributed by atoms with Crippen LogP contribution in [-0.4, -0.2) is 28.2 Å². The molecule has 0 amide bonds. The number of fused-ring (bicyclic) bond motifs is 1. The SMILES string of the molecule is CC(C)OC1CCC(Nc2nc3ccccc3[nH]2)CC1. The lowest BCUT2D eigenvalue weighted by Gasteiger charge is -2.30. The zero-order chi connectivity index (χ0) is 13.9. The predicted molar refractivity (Wildman–Crippen MR) is 82.0 cm³/mol. The lowest BCUT2D eigenvalue weighted by atomic mass is 9.93. The van der Waals surface area contributed by atoms with E-state index in [1.165, 1.54) is 0 Å². The molecule has 0 saturated heterocycles. The highest BCUT2D eigenvalue weighted by atomic mass is 16.5. The molecule has 4 nitrogen and oxygen atoms in total. The van der Waals surface area contributed by atoms with Gasteiger partial charge in [0.05, 0.1) is 23.2 Å². The zero-order valence-corrected chi connectivity index (χ0v) is 12.2. The topological polar surface area (TPSA) is 49.9 Å². The number of aromatic nitrogens is 2. The minimum Gasteiger partial charge on any atom is -0.376 e. The second-order valence-electron chi connectivity index (χ2n) is 5.91. The van der Waals surface area contributed by atoms with Crippen LogP contribution in [0.25, 0.3) is 11.0 Å². The van der Waals surface area contributed by atoms with Crippen molar-refractivity contribution in [3.8, 4) is 0 Å². The van der Waals surface area contributed by atoms with Crippen LogP contribution in [0, 0.1) is 0 Å². The van der Waals surface area contributed by atoms with Gasteiger partial charge in [-0.3, -0.25) is 0 Å². The van der Waals surface area contributed by atoms with Crippen LogP contribution in [0.1, 0.15) is 39.5 Å². The number of nitrogens with one attached hydrogen (secondary N) is 2. The summed E-state index contributed by atoms with van der Waals surface area (Å²) >= 11 is 0. The highest BCUT2D eigenvalue weighted by Gasteiger charge is 2.22. The van der Waals surface area contributed by atoms with Gasteiger partial charge in [-0.15, -0.1) is 0 Å². The quantitative estimate of drug-likeness (QED) is 0.892. The van der Waals surface area contributed by atoms with Gasteiger partial charge in [0, 0.05) is 6.04 Å². The molecule has 0 radical (unpaired) electrons. The van der Waals surface area contributed by atoms with Gasteiger partial charge in [-0.05, 0) is 51.7 Å². The Morgan fingerprint density at radius 1 is 1.20 bits per heavy atom. The van der Waals surface area contributed by atoms with Crippen molar-refractivity contribution in [2.24, 2.45) is 0 Å². The van der Waals surface area contributed by atoms with Crippen molar-refractivity contribution in [3.63, 3.8) is 0 Å². The largest absolute Gasteiger partial charge is 0.376 e. The second-order valence-corrected chi connectivity index (χ2v) is 5.91. The van der Waals surface area contributed by atoms with Crippen molar-refractivity contribution in [2.45, 2.75) is 57.8 Å². The molecule has 0 spiro atoms. The van der Waals surface area contributed by atoms with Gasteiger partial charge in [0.15, 0.2) is 0 Å². The van der Waals surface area contributed by atoms with E-state index in [4.69, 9.17) is 4.74 Å². The first kappa shape index (κ1) is 13.4. The Balaban J connectivity index is 1.56. The summed E-state index contributed by atoms with van der Waals surface area (Å²) in [6.45, 7) is 4.22. The Kier molecular flexibility index (Phi) is 3.92. The van der Waals surface area contributed by atoms with Crippen LogP contribution in [0.3, 0.4) is 0 Å². The molecule has 1 aliphatic carbocycles. The molecular formula is C16H23N3O. The van der Waals surface area contributed by atoms with Crippen molar-refractivity contribution < 1.29 is 4.74 Å². The maximum absolute atomic E-state index is 5.89. The van der Waals surface area contributed by atoms with Crippen molar-refractivity contribution >= 4 is 17.0 Å². The number of imidazole rings is 1. The van der Waals surface area contributed by atoms with E-state index < -0.39 is 0 Å². The monoisotopic (exact) mass is 273 g/mol. The van der Waals surface area contributed by atoms with E-state index in [1.54, 1.807) is 0 Å². The molecule has 0 unspecified atom stereocenters. The second kappa shape index (κ2) is 5.83. The number of aromatic amines is 1. The smallest absolute Gasteiger partial charge is 0.201 e. The fourth-order valence-corrected chi connectivity index (χ4v) is 2.94. The van der Waals surface area contributed by atoms with Crippen molar-refractivity contribution in [3.05, 3.63) is 24.3 Å². The van der Waals surface area contributed by atoms with E-state index in [1.807, 2.05) is 18.2 Å². The average Bonchev–Trinajstić information content (AvgIpc) is 2.82. The minimum atomic E-state index is 0.333. The summed E-state index contributed by atoms with van der Waals surface area (Å²) in [7, 11) is 0. The maximum Gasteiger partial charge on any atom is 0.201 e. The third-order valence-corrected chi connectivity index (χ3v) is 3.87. The first-order chi connectivity index (χ1) is 9.70. The molecule has 1 aromatic heterocycles. The first-order valence-corrected chi connectivity index (χ1v) is 7.57. The minimum absolute atomic E-state index is 0.333. The maximum atomic E-state index is 5.89. The van der Waals surface area contributed by atoms with E-state index in [0.29, 0.717) is 18.2 Å². The summed E-state index contributed by atoms with van der Waals surface area (Å²) in [5.41, 5.74) is 2.11. The van der Waals surface area contributed by atoms with Crippen molar-refractivity contribution in [2.75, 3.05) is 5.32 Å². The number of nitrogens with zero attached hydrogens (tertiary/aromatic N) is 1. The number of ether oxygens (including phenoxy) is 1. The molecule has 4 heteroatoms. The van der Waals surface area contributed by atoms with Gasteiger partial charge in [0.25, 0.3) is 0 Å². The van der Waals surface area contributed by atoms with Crippen LogP contribution in [-0.2, 0) is 4.74 Å². The Morgan fingerprint density at radius 2 is 1.95 bits per heavy atom. The highest BCUT2D eigenvalue weighted by Crippen LogP contribution is 2.25. The van der Waals surface area contributed by atoms with Crippen LogP contribution in [0.2, 0.25) is 0 Å². The number of hydrogen-bond acceptors (Lipinski definition) is 3. The van der Waals surface area contributed by atoms with Crippen LogP contribution in [0.15, 0.2) is 24.3 Å². The summed E-state index contributed by atoms with van der Waals surface area (Å²) in [5, 5.41) is 3.52. The molecule has 0 aliphatic heterocycles. The molecule has 0 bridgehead atoms. The molecular weight excluding hydrogens is 250 g/mol. The fourth-order valence-electron chi connectivity index (χ4n) is 2.94. The van der Waals surface area contributed by atoms with Crippen LogP contribution < -0.4 is 5.32 Å². The summed E-state index contributed by atoms with van der Waals surface area (Å²) in [5.74, 6) is 0.888. The molecule has 1 aliphatic rings. The number of hydrogen-bond donors (Lipinski definition) is 2. The average molecular weight is 273 g/mol. The Bertz CT molecular complexity index is 523. The van der Waals surface area contributed by atoms with E-state index in [9.17, 15) is 0 Å². The molecule has 2 N–H and O–H groups in total. The number of para-hydroxylation sites is 2. The standard InChI is InChI=1S/C16H23N3O/c1-11(2)20-13-9-7-12(8-10-13)17-16-18-14-5-3-4-6-15(14)19-16/h3-6,11-13H,7-10H2,1-2H3,(H2,17,18,19). The molecule has 108 valence electrons. The van der Waals surface area contributed by atoms with Gasteiger partial charge in [0.1, 0.15) is 0 Å². The number of H-pyrrole nitrogens is 1. The summed E-state index contributed by atoms with van der Waals surface area (Å²) in [6, 6.07) is 8.63. The molecule has 2 aromatic rings. The molecule has 1 heterocycles. The Hall–Kier alpha value is -1.55. The highest BCUT2D eigenvalue weighted by molar-refractivity contribution is 5.77. The van der Waals surface area contributed by atoms with Crippen molar-refractivity contribution in [1.29, 1.82) is 0 Å². The van der Waals surface area contributed by atoms with Gasteiger partial charge >= 0.3 is 0 Å². The van der Waals surface area contributed by atoms with Gasteiger partial charge in [-0.2, -0.15) is 0 Å². The zero-order valence-electron chi connectivity index (χ0n) is 12.2. The van der Waals surface area contributed by atoms with Gasteiger partial charge in [-0.1, -0.05) is 12.1 Å². The molecule has 1 fully saturated rings. The summed E-state index contributed by atoms with van der Waals surface area (Å²) < 4.78 is 5.89. The van der Waals surface area contributed by atoms with Crippen LogP contribution in [0.4, 0.5) is 5.95 Å². The number of rotatable bonds is 4. The molecule has 1 aromatic carbocycles. The molecule has 1 saturated carbocycles. The summed E-state index contributed by atoms with van der Waals surface area (Å²) in [4.78, 5) is 7.91.